The summed E-state index contributed by atoms with van der Waals surface area (Å²) < 4.78 is 14.1. The van der Waals surface area contributed by atoms with Gasteiger partial charge in [0.2, 0.25) is 0 Å². The van der Waals surface area contributed by atoms with Crippen LogP contribution in [0.1, 0.15) is 18.1 Å². The molecule has 2 heteroatoms. The van der Waals surface area contributed by atoms with Crippen molar-refractivity contribution in [2.24, 2.45) is 0 Å². The average molecular weight is 249 g/mol. The van der Waals surface area contributed by atoms with Gasteiger partial charge in [0.15, 0.2) is 0 Å². The maximum absolute atomic E-state index is 14.1. The van der Waals surface area contributed by atoms with Crippen LogP contribution in [0, 0.1) is 12.7 Å². The lowest BCUT2D eigenvalue weighted by Crippen LogP contribution is -1.93. The van der Waals surface area contributed by atoms with Gasteiger partial charge in [-0.2, -0.15) is 0 Å². The molecule has 0 N–H and O–H groups in total. The molecule has 0 spiro atoms. The molecule has 2 rings (SSSR count). The van der Waals surface area contributed by atoms with E-state index in [1.165, 1.54) is 0 Å². The van der Waals surface area contributed by atoms with Gasteiger partial charge < -0.3 is 0 Å². The number of rotatable bonds is 2. The monoisotopic (exact) mass is 248 g/mol. The molecule has 0 radical (unpaired) electrons. The highest BCUT2D eigenvalue weighted by atomic mass is 35.5. The SMILES string of the molecule is CCc1cc(C)c(F)c(-c2ccccc2Cl)c1. The summed E-state index contributed by atoms with van der Waals surface area (Å²) in [6.07, 6.45) is 0.887. The molecule has 0 fully saturated rings. The highest BCUT2D eigenvalue weighted by molar-refractivity contribution is 6.33. The first kappa shape index (κ1) is 12.1. The molecule has 0 amide bonds. The van der Waals surface area contributed by atoms with Crippen molar-refractivity contribution in [1.82, 2.24) is 0 Å². The first-order chi connectivity index (χ1) is 8.13. The second-order valence-electron chi connectivity index (χ2n) is 4.11. The van der Waals surface area contributed by atoms with Crippen molar-refractivity contribution in [2.75, 3.05) is 0 Å². The van der Waals surface area contributed by atoms with Gasteiger partial charge in [-0.05, 0) is 36.6 Å². The molecule has 0 aromatic heterocycles. The van der Waals surface area contributed by atoms with E-state index >= 15 is 0 Å². The summed E-state index contributed by atoms with van der Waals surface area (Å²) in [5.41, 5.74) is 3.13. The molecule has 0 saturated heterocycles. The van der Waals surface area contributed by atoms with E-state index in [0.29, 0.717) is 16.1 Å². The Bertz CT molecular complexity index is 547. The molecule has 17 heavy (non-hydrogen) atoms. The lowest BCUT2D eigenvalue weighted by molar-refractivity contribution is 0.621. The first-order valence-electron chi connectivity index (χ1n) is 5.67. The van der Waals surface area contributed by atoms with E-state index in [1.54, 1.807) is 13.0 Å². The molecule has 88 valence electrons. The number of aryl methyl sites for hydroxylation is 2. The van der Waals surface area contributed by atoms with Crippen LogP contribution in [-0.2, 0) is 6.42 Å². The Hall–Kier alpha value is -1.34. The Morgan fingerprint density at radius 3 is 2.47 bits per heavy atom. The quantitative estimate of drug-likeness (QED) is 0.700. The Morgan fingerprint density at radius 1 is 1.12 bits per heavy atom. The normalized spacial score (nSPS) is 10.6. The fourth-order valence-electron chi connectivity index (χ4n) is 1.92. The third-order valence-corrected chi connectivity index (χ3v) is 3.22. The summed E-state index contributed by atoms with van der Waals surface area (Å²) in [5.74, 6) is -0.185. The minimum atomic E-state index is -0.185. The maximum atomic E-state index is 14.1. The molecule has 0 bridgehead atoms. The van der Waals surface area contributed by atoms with Crippen LogP contribution in [0.4, 0.5) is 4.39 Å². The van der Waals surface area contributed by atoms with Crippen LogP contribution >= 0.6 is 11.6 Å². The predicted molar refractivity (Wildman–Crippen MR) is 71.0 cm³/mol. The van der Waals surface area contributed by atoms with Crippen molar-refractivity contribution < 1.29 is 4.39 Å². The zero-order valence-electron chi connectivity index (χ0n) is 9.93. The molecule has 0 aliphatic heterocycles. The van der Waals surface area contributed by atoms with Crippen LogP contribution < -0.4 is 0 Å². The molecule has 2 aromatic carbocycles. The summed E-state index contributed by atoms with van der Waals surface area (Å²) in [6, 6.07) is 11.1. The van der Waals surface area contributed by atoms with Gasteiger partial charge in [-0.15, -0.1) is 0 Å². The lowest BCUT2D eigenvalue weighted by Gasteiger charge is -2.10. The molecule has 0 saturated carbocycles. The van der Waals surface area contributed by atoms with Gasteiger partial charge in [0.25, 0.3) is 0 Å². The fraction of sp³-hybridized carbons (Fsp3) is 0.200. The molecule has 0 aliphatic rings. The first-order valence-corrected chi connectivity index (χ1v) is 6.05. The molecule has 0 nitrogen and oxygen atoms in total. The topological polar surface area (TPSA) is 0 Å². The fourth-order valence-corrected chi connectivity index (χ4v) is 2.16. The molecule has 0 heterocycles. The van der Waals surface area contributed by atoms with Crippen LogP contribution in [0.15, 0.2) is 36.4 Å². The Balaban J connectivity index is 2.67. The van der Waals surface area contributed by atoms with Crippen molar-refractivity contribution >= 4 is 11.6 Å². The van der Waals surface area contributed by atoms with Crippen LogP contribution in [0.5, 0.6) is 0 Å². The van der Waals surface area contributed by atoms with Crippen molar-refractivity contribution in [3.63, 3.8) is 0 Å². The summed E-state index contributed by atoms with van der Waals surface area (Å²) in [5, 5.41) is 0.582. The van der Waals surface area contributed by atoms with E-state index in [2.05, 4.69) is 6.92 Å². The van der Waals surface area contributed by atoms with Crippen LogP contribution in [-0.4, -0.2) is 0 Å². The maximum Gasteiger partial charge on any atom is 0.134 e. The summed E-state index contributed by atoms with van der Waals surface area (Å²) in [7, 11) is 0. The van der Waals surface area contributed by atoms with Gasteiger partial charge in [0, 0.05) is 16.1 Å². The van der Waals surface area contributed by atoms with Crippen molar-refractivity contribution in [3.8, 4) is 11.1 Å². The van der Waals surface area contributed by atoms with Crippen LogP contribution in [0.3, 0.4) is 0 Å². The van der Waals surface area contributed by atoms with E-state index < -0.39 is 0 Å². The average Bonchev–Trinajstić information content (AvgIpc) is 2.33. The molecule has 2 aromatic rings. The van der Waals surface area contributed by atoms with Crippen molar-refractivity contribution in [3.05, 3.63) is 58.4 Å². The summed E-state index contributed by atoms with van der Waals surface area (Å²) >= 11 is 6.11. The number of benzene rings is 2. The van der Waals surface area contributed by atoms with E-state index in [0.717, 1.165) is 17.5 Å². The molecule has 0 atom stereocenters. The highest BCUT2D eigenvalue weighted by Gasteiger charge is 2.11. The summed E-state index contributed by atoms with van der Waals surface area (Å²) in [6.45, 7) is 3.85. The van der Waals surface area contributed by atoms with Crippen LogP contribution in [0.2, 0.25) is 5.02 Å². The molecule has 0 aliphatic carbocycles. The van der Waals surface area contributed by atoms with Gasteiger partial charge in [-0.3, -0.25) is 0 Å². The second kappa shape index (κ2) is 4.89. The molecule has 0 unspecified atom stereocenters. The van der Waals surface area contributed by atoms with Gasteiger partial charge in [0.1, 0.15) is 5.82 Å². The highest BCUT2D eigenvalue weighted by Crippen LogP contribution is 2.31. The van der Waals surface area contributed by atoms with Crippen molar-refractivity contribution in [1.29, 1.82) is 0 Å². The largest absolute Gasteiger partial charge is 0.206 e. The zero-order chi connectivity index (χ0) is 12.4. The predicted octanol–water partition coefficient (Wildman–Crippen LogP) is 5.02. The zero-order valence-corrected chi connectivity index (χ0v) is 10.7. The standard InChI is InChI=1S/C15H14ClF/c1-3-11-8-10(2)15(17)13(9-11)12-6-4-5-7-14(12)16/h4-9H,3H2,1-2H3. The van der Waals surface area contributed by atoms with E-state index in [-0.39, 0.29) is 5.82 Å². The second-order valence-corrected chi connectivity index (χ2v) is 4.51. The Kier molecular flexibility index (Phi) is 3.49. The number of hydrogen-bond donors (Lipinski definition) is 0. The molecular formula is C15H14ClF. The van der Waals surface area contributed by atoms with Gasteiger partial charge >= 0.3 is 0 Å². The Morgan fingerprint density at radius 2 is 1.82 bits per heavy atom. The third-order valence-electron chi connectivity index (χ3n) is 2.89. The van der Waals surface area contributed by atoms with Gasteiger partial charge in [-0.25, -0.2) is 4.39 Å². The molecular weight excluding hydrogens is 235 g/mol. The number of hydrogen-bond acceptors (Lipinski definition) is 0. The number of halogens is 2. The smallest absolute Gasteiger partial charge is 0.134 e. The Labute approximate surface area is 106 Å². The van der Waals surface area contributed by atoms with Gasteiger partial charge in [-0.1, -0.05) is 42.8 Å². The summed E-state index contributed by atoms with van der Waals surface area (Å²) in [4.78, 5) is 0. The van der Waals surface area contributed by atoms with Crippen LogP contribution in [0.25, 0.3) is 11.1 Å². The van der Waals surface area contributed by atoms with E-state index in [4.69, 9.17) is 11.6 Å². The van der Waals surface area contributed by atoms with E-state index in [1.807, 2.05) is 30.3 Å². The minimum absolute atomic E-state index is 0.185. The minimum Gasteiger partial charge on any atom is -0.206 e. The van der Waals surface area contributed by atoms with Crippen molar-refractivity contribution in [2.45, 2.75) is 20.3 Å². The lowest BCUT2D eigenvalue weighted by atomic mass is 9.98. The van der Waals surface area contributed by atoms with Gasteiger partial charge in [0.05, 0.1) is 0 Å². The van der Waals surface area contributed by atoms with E-state index in [9.17, 15) is 4.39 Å². The third kappa shape index (κ3) is 2.34.